The largest absolute Gasteiger partial charge is 0.383 e. The number of rotatable bonds is 8. The zero-order valence-electron chi connectivity index (χ0n) is 12.8. The number of nitrogens with zero attached hydrogens (tertiary/aromatic N) is 3. The molecule has 0 saturated heterocycles. The Morgan fingerprint density at radius 3 is 2.85 bits per heavy atom. The summed E-state index contributed by atoms with van der Waals surface area (Å²) in [6.07, 6.45) is 2.05. The lowest BCUT2D eigenvalue weighted by molar-refractivity contribution is 0.0787. The molecule has 0 aromatic carbocycles. The number of nitrogens with one attached hydrogen (secondary N) is 1. The smallest absolute Gasteiger partial charge is 0.272 e. The fourth-order valence-electron chi connectivity index (χ4n) is 1.71. The Hall–Kier alpha value is -1.69. The molecule has 0 bridgehead atoms. The Balaban J connectivity index is 2.75. The summed E-state index contributed by atoms with van der Waals surface area (Å²) in [4.78, 5) is 22.5. The SMILES string of the molecule is CCCCN(C)C(=O)c1cc(C)nc(NCCOC)n1. The van der Waals surface area contributed by atoms with E-state index in [1.54, 1.807) is 25.1 Å². The number of aromatic nitrogens is 2. The normalized spacial score (nSPS) is 10.4. The fourth-order valence-corrected chi connectivity index (χ4v) is 1.71. The molecule has 0 saturated carbocycles. The summed E-state index contributed by atoms with van der Waals surface area (Å²) in [5, 5.41) is 3.05. The van der Waals surface area contributed by atoms with Gasteiger partial charge in [0, 0.05) is 32.9 Å². The second kappa shape index (κ2) is 8.47. The first-order chi connectivity index (χ1) is 9.58. The van der Waals surface area contributed by atoms with Gasteiger partial charge in [-0.15, -0.1) is 0 Å². The predicted molar refractivity (Wildman–Crippen MR) is 79.0 cm³/mol. The first kappa shape index (κ1) is 16.4. The minimum Gasteiger partial charge on any atom is -0.383 e. The fraction of sp³-hybridized carbons (Fsp3) is 0.643. The Morgan fingerprint density at radius 2 is 2.20 bits per heavy atom. The van der Waals surface area contributed by atoms with Crippen molar-refractivity contribution in [3.63, 3.8) is 0 Å². The van der Waals surface area contributed by atoms with Gasteiger partial charge < -0.3 is 15.0 Å². The van der Waals surface area contributed by atoms with E-state index in [2.05, 4.69) is 22.2 Å². The van der Waals surface area contributed by atoms with Crippen molar-refractivity contribution in [3.8, 4) is 0 Å². The number of hydrogen-bond donors (Lipinski definition) is 1. The van der Waals surface area contributed by atoms with Crippen LogP contribution < -0.4 is 5.32 Å². The van der Waals surface area contributed by atoms with E-state index in [9.17, 15) is 4.79 Å². The third kappa shape index (κ3) is 5.13. The molecule has 1 aromatic rings. The molecule has 0 atom stereocenters. The highest BCUT2D eigenvalue weighted by Gasteiger charge is 2.14. The van der Waals surface area contributed by atoms with Gasteiger partial charge in [0.25, 0.3) is 5.91 Å². The molecular weight excluding hydrogens is 256 g/mol. The zero-order chi connectivity index (χ0) is 15.0. The molecule has 20 heavy (non-hydrogen) atoms. The van der Waals surface area contributed by atoms with E-state index in [0.29, 0.717) is 24.8 Å². The second-order valence-corrected chi connectivity index (χ2v) is 4.72. The van der Waals surface area contributed by atoms with Gasteiger partial charge in [0.05, 0.1) is 6.61 Å². The van der Waals surface area contributed by atoms with Crippen LogP contribution in [0.1, 0.15) is 35.9 Å². The molecule has 1 rings (SSSR count). The summed E-state index contributed by atoms with van der Waals surface area (Å²) < 4.78 is 4.96. The van der Waals surface area contributed by atoms with Gasteiger partial charge in [-0.25, -0.2) is 9.97 Å². The molecule has 1 heterocycles. The van der Waals surface area contributed by atoms with Crippen LogP contribution in [0.15, 0.2) is 6.07 Å². The monoisotopic (exact) mass is 280 g/mol. The van der Waals surface area contributed by atoms with E-state index in [1.807, 2.05) is 6.92 Å². The average Bonchev–Trinajstić information content (AvgIpc) is 2.43. The number of anilines is 1. The molecule has 0 aliphatic rings. The number of unbranched alkanes of at least 4 members (excludes halogenated alkanes) is 1. The Labute approximate surface area is 120 Å². The van der Waals surface area contributed by atoms with Crippen molar-refractivity contribution >= 4 is 11.9 Å². The summed E-state index contributed by atoms with van der Waals surface area (Å²) in [5.74, 6) is 0.396. The molecular formula is C14H24N4O2. The zero-order valence-corrected chi connectivity index (χ0v) is 12.8. The van der Waals surface area contributed by atoms with Gasteiger partial charge >= 0.3 is 0 Å². The molecule has 0 aliphatic carbocycles. The van der Waals surface area contributed by atoms with Gasteiger partial charge in [-0.1, -0.05) is 13.3 Å². The first-order valence-electron chi connectivity index (χ1n) is 6.92. The van der Waals surface area contributed by atoms with Crippen molar-refractivity contribution in [2.45, 2.75) is 26.7 Å². The number of ether oxygens (including phenoxy) is 1. The summed E-state index contributed by atoms with van der Waals surface area (Å²) in [6, 6.07) is 1.71. The molecule has 0 unspecified atom stereocenters. The summed E-state index contributed by atoms with van der Waals surface area (Å²) in [6.45, 7) is 5.87. The van der Waals surface area contributed by atoms with Crippen molar-refractivity contribution in [2.75, 3.05) is 39.2 Å². The lowest BCUT2D eigenvalue weighted by Crippen LogP contribution is -2.29. The highest BCUT2D eigenvalue weighted by molar-refractivity contribution is 5.92. The van der Waals surface area contributed by atoms with E-state index in [4.69, 9.17) is 4.74 Å². The molecule has 6 nitrogen and oxygen atoms in total. The van der Waals surface area contributed by atoms with E-state index in [1.165, 1.54) is 0 Å². The highest BCUT2D eigenvalue weighted by atomic mass is 16.5. The number of aryl methyl sites for hydroxylation is 1. The second-order valence-electron chi connectivity index (χ2n) is 4.72. The van der Waals surface area contributed by atoms with Gasteiger partial charge in [-0.3, -0.25) is 4.79 Å². The number of methoxy groups -OCH3 is 1. The Bertz CT molecular complexity index is 437. The molecule has 1 N–H and O–H groups in total. The molecule has 0 spiro atoms. The third-order valence-corrected chi connectivity index (χ3v) is 2.86. The van der Waals surface area contributed by atoms with E-state index in [0.717, 1.165) is 25.1 Å². The van der Waals surface area contributed by atoms with Crippen LogP contribution in [0, 0.1) is 6.92 Å². The summed E-state index contributed by atoms with van der Waals surface area (Å²) in [5.41, 5.74) is 1.20. The van der Waals surface area contributed by atoms with Gasteiger partial charge in [0.2, 0.25) is 5.95 Å². The molecule has 112 valence electrons. The van der Waals surface area contributed by atoms with E-state index < -0.39 is 0 Å². The minimum atomic E-state index is -0.0706. The minimum absolute atomic E-state index is 0.0706. The topological polar surface area (TPSA) is 67.4 Å². The van der Waals surface area contributed by atoms with E-state index in [-0.39, 0.29) is 5.91 Å². The number of carbonyl (C=O) groups is 1. The van der Waals surface area contributed by atoms with Crippen molar-refractivity contribution in [3.05, 3.63) is 17.5 Å². The van der Waals surface area contributed by atoms with Gasteiger partial charge in [0.15, 0.2) is 0 Å². The molecule has 1 aromatic heterocycles. The summed E-state index contributed by atoms with van der Waals surface area (Å²) >= 11 is 0. The molecule has 1 amide bonds. The van der Waals surface area contributed by atoms with Crippen LogP contribution in [-0.4, -0.2) is 54.6 Å². The molecule has 0 fully saturated rings. The molecule has 0 radical (unpaired) electrons. The van der Waals surface area contributed by atoms with Gasteiger partial charge in [0.1, 0.15) is 5.69 Å². The van der Waals surface area contributed by atoms with Crippen molar-refractivity contribution in [1.29, 1.82) is 0 Å². The number of carbonyl (C=O) groups excluding carboxylic acids is 1. The maximum Gasteiger partial charge on any atom is 0.272 e. The van der Waals surface area contributed by atoms with Crippen LogP contribution in [0.2, 0.25) is 0 Å². The van der Waals surface area contributed by atoms with Crippen LogP contribution in [0.25, 0.3) is 0 Å². The van der Waals surface area contributed by atoms with Crippen LogP contribution in [0.5, 0.6) is 0 Å². The Morgan fingerprint density at radius 1 is 1.45 bits per heavy atom. The highest BCUT2D eigenvalue weighted by Crippen LogP contribution is 2.08. The summed E-state index contributed by atoms with van der Waals surface area (Å²) in [7, 11) is 3.43. The van der Waals surface area contributed by atoms with Crippen molar-refractivity contribution in [2.24, 2.45) is 0 Å². The lowest BCUT2D eigenvalue weighted by atomic mass is 10.2. The van der Waals surface area contributed by atoms with Crippen LogP contribution in [0.3, 0.4) is 0 Å². The van der Waals surface area contributed by atoms with Crippen LogP contribution in [0.4, 0.5) is 5.95 Å². The van der Waals surface area contributed by atoms with Gasteiger partial charge in [-0.05, 0) is 19.4 Å². The maximum atomic E-state index is 12.3. The maximum absolute atomic E-state index is 12.3. The lowest BCUT2D eigenvalue weighted by Gasteiger charge is -2.16. The number of hydrogen-bond acceptors (Lipinski definition) is 5. The van der Waals surface area contributed by atoms with Crippen LogP contribution in [-0.2, 0) is 4.74 Å². The standard InChI is InChI=1S/C14H24N4O2/c1-5-6-8-18(3)13(19)12-10-11(2)16-14(17-12)15-7-9-20-4/h10H,5-9H2,1-4H3,(H,15,16,17). The van der Waals surface area contributed by atoms with Crippen molar-refractivity contribution < 1.29 is 9.53 Å². The van der Waals surface area contributed by atoms with Crippen LogP contribution >= 0.6 is 0 Å². The number of amides is 1. The molecule has 0 aliphatic heterocycles. The quantitative estimate of drug-likeness (QED) is 0.734. The average molecular weight is 280 g/mol. The predicted octanol–water partition coefficient (Wildman–Crippen LogP) is 1.72. The van der Waals surface area contributed by atoms with E-state index >= 15 is 0 Å². The first-order valence-corrected chi connectivity index (χ1v) is 6.92. The third-order valence-electron chi connectivity index (χ3n) is 2.86. The van der Waals surface area contributed by atoms with Crippen molar-refractivity contribution in [1.82, 2.24) is 14.9 Å². The Kier molecular flexibility index (Phi) is 6.93. The van der Waals surface area contributed by atoms with Gasteiger partial charge in [-0.2, -0.15) is 0 Å². The molecule has 6 heteroatoms.